The lowest BCUT2D eigenvalue weighted by Gasteiger charge is -2.14. The van der Waals surface area contributed by atoms with Crippen molar-refractivity contribution in [1.29, 1.82) is 0 Å². The number of likely N-dealkylation sites (N-methyl/N-ethyl adjacent to an activating group) is 1. The van der Waals surface area contributed by atoms with Gasteiger partial charge in [0.15, 0.2) is 0 Å². The predicted molar refractivity (Wildman–Crippen MR) is 112 cm³/mol. The number of carbonyl (C=O) groups excluding carboxylic acids is 3. The lowest BCUT2D eigenvalue weighted by Crippen LogP contribution is -2.43. The van der Waals surface area contributed by atoms with E-state index < -0.39 is 11.8 Å². The van der Waals surface area contributed by atoms with Crippen LogP contribution in [0, 0.1) is 0 Å². The Morgan fingerprint density at radius 3 is 1.93 bits per heavy atom. The summed E-state index contributed by atoms with van der Waals surface area (Å²) in [7, 11) is 0. The lowest BCUT2D eigenvalue weighted by atomic mass is 9.97. The van der Waals surface area contributed by atoms with E-state index in [-0.39, 0.29) is 31.5 Å². The van der Waals surface area contributed by atoms with E-state index in [0.29, 0.717) is 13.1 Å². The van der Waals surface area contributed by atoms with E-state index in [2.05, 4.69) is 45.7 Å². The molecular weight excluding hydrogens is 384 g/mol. The highest BCUT2D eigenvalue weighted by atomic mass is 16.6. The molecule has 0 unspecified atom stereocenters. The zero-order valence-electron chi connectivity index (χ0n) is 16.9. The minimum absolute atomic E-state index is 0.120. The SMILES string of the molecule is CCNC(=O)CNC(=O)CNC(=O)CONCC1c2ccccc2-c2ccccc21. The first-order chi connectivity index (χ1) is 14.6. The molecule has 2 aromatic rings. The van der Waals surface area contributed by atoms with Crippen LogP contribution in [0.1, 0.15) is 24.0 Å². The largest absolute Gasteiger partial charge is 0.355 e. The van der Waals surface area contributed by atoms with Crippen molar-refractivity contribution < 1.29 is 19.2 Å². The summed E-state index contributed by atoms with van der Waals surface area (Å²) in [5.74, 6) is -1.01. The molecule has 0 heterocycles. The number of amides is 3. The van der Waals surface area contributed by atoms with Crippen molar-refractivity contribution in [2.75, 3.05) is 32.8 Å². The maximum Gasteiger partial charge on any atom is 0.248 e. The Bertz CT molecular complexity index is 870. The number of hydrogen-bond donors (Lipinski definition) is 4. The summed E-state index contributed by atoms with van der Waals surface area (Å²) in [6, 6.07) is 16.5. The molecule has 0 spiro atoms. The van der Waals surface area contributed by atoms with Gasteiger partial charge in [0.1, 0.15) is 6.61 Å². The molecule has 8 heteroatoms. The average Bonchev–Trinajstić information content (AvgIpc) is 3.08. The second-order valence-electron chi connectivity index (χ2n) is 6.87. The summed E-state index contributed by atoms with van der Waals surface area (Å²) in [5.41, 5.74) is 7.76. The van der Waals surface area contributed by atoms with Gasteiger partial charge in [0, 0.05) is 19.0 Å². The van der Waals surface area contributed by atoms with E-state index in [9.17, 15) is 14.4 Å². The van der Waals surface area contributed by atoms with Gasteiger partial charge in [-0.15, -0.1) is 0 Å². The minimum Gasteiger partial charge on any atom is -0.355 e. The molecule has 0 aromatic heterocycles. The zero-order valence-corrected chi connectivity index (χ0v) is 16.9. The highest BCUT2D eigenvalue weighted by molar-refractivity contribution is 5.88. The number of carbonyl (C=O) groups is 3. The van der Waals surface area contributed by atoms with Crippen molar-refractivity contribution in [3.05, 3.63) is 59.7 Å². The summed E-state index contributed by atoms with van der Waals surface area (Å²) in [6.45, 7) is 2.25. The van der Waals surface area contributed by atoms with Crippen LogP contribution >= 0.6 is 0 Å². The summed E-state index contributed by atoms with van der Waals surface area (Å²) < 4.78 is 0. The topological polar surface area (TPSA) is 109 Å². The summed E-state index contributed by atoms with van der Waals surface area (Å²) >= 11 is 0. The molecule has 8 nitrogen and oxygen atoms in total. The van der Waals surface area contributed by atoms with Gasteiger partial charge in [-0.25, -0.2) is 5.48 Å². The van der Waals surface area contributed by atoms with Crippen LogP contribution in [0.25, 0.3) is 11.1 Å². The van der Waals surface area contributed by atoms with Crippen molar-refractivity contribution in [2.24, 2.45) is 0 Å². The van der Waals surface area contributed by atoms with Crippen molar-refractivity contribution in [1.82, 2.24) is 21.4 Å². The van der Waals surface area contributed by atoms with Crippen molar-refractivity contribution in [2.45, 2.75) is 12.8 Å². The van der Waals surface area contributed by atoms with Crippen LogP contribution in [-0.2, 0) is 19.2 Å². The average molecular weight is 410 g/mol. The minimum atomic E-state index is -0.443. The van der Waals surface area contributed by atoms with Gasteiger partial charge in [-0.3, -0.25) is 19.2 Å². The third-order valence-electron chi connectivity index (χ3n) is 4.82. The third-order valence-corrected chi connectivity index (χ3v) is 4.82. The third kappa shape index (κ3) is 5.43. The molecule has 3 amide bonds. The van der Waals surface area contributed by atoms with Gasteiger partial charge in [0.05, 0.1) is 13.1 Å². The van der Waals surface area contributed by atoms with Crippen LogP contribution in [0.4, 0.5) is 0 Å². The Morgan fingerprint density at radius 2 is 1.33 bits per heavy atom. The Morgan fingerprint density at radius 1 is 0.800 bits per heavy atom. The molecular formula is C22H26N4O4. The smallest absolute Gasteiger partial charge is 0.248 e. The lowest BCUT2D eigenvalue weighted by molar-refractivity contribution is -0.131. The van der Waals surface area contributed by atoms with E-state index in [4.69, 9.17) is 4.84 Å². The number of hydrogen-bond acceptors (Lipinski definition) is 5. The highest BCUT2D eigenvalue weighted by Crippen LogP contribution is 2.43. The molecule has 30 heavy (non-hydrogen) atoms. The second-order valence-corrected chi connectivity index (χ2v) is 6.87. The predicted octanol–water partition coefficient (Wildman–Crippen LogP) is 0.689. The van der Waals surface area contributed by atoms with Gasteiger partial charge in [0.25, 0.3) is 0 Å². The van der Waals surface area contributed by atoms with E-state index in [1.165, 1.54) is 22.3 Å². The van der Waals surface area contributed by atoms with Crippen molar-refractivity contribution >= 4 is 17.7 Å². The molecule has 0 atom stereocenters. The van der Waals surface area contributed by atoms with Crippen LogP contribution in [0.2, 0.25) is 0 Å². The van der Waals surface area contributed by atoms with E-state index in [1.807, 2.05) is 24.3 Å². The van der Waals surface area contributed by atoms with Gasteiger partial charge in [-0.05, 0) is 29.2 Å². The quantitative estimate of drug-likeness (QED) is 0.340. The molecule has 0 saturated carbocycles. The Labute approximate surface area is 175 Å². The summed E-state index contributed by atoms with van der Waals surface area (Å²) in [5, 5.41) is 7.44. The van der Waals surface area contributed by atoms with Crippen LogP contribution in [-0.4, -0.2) is 50.5 Å². The molecule has 0 aliphatic heterocycles. The molecule has 0 radical (unpaired) electrons. The number of hydroxylamine groups is 1. The number of fused-ring (bicyclic) bond motifs is 3. The maximum atomic E-state index is 11.8. The fraction of sp³-hybridized carbons (Fsp3) is 0.318. The molecule has 158 valence electrons. The van der Waals surface area contributed by atoms with Crippen LogP contribution in [0.3, 0.4) is 0 Å². The number of nitrogens with one attached hydrogen (secondary N) is 4. The molecule has 4 N–H and O–H groups in total. The van der Waals surface area contributed by atoms with Gasteiger partial charge in [-0.1, -0.05) is 48.5 Å². The number of rotatable bonds is 10. The van der Waals surface area contributed by atoms with Crippen LogP contribution in [0.15, 0.2) is 48.5 Å². The summed E-state index contributed by atoms with van der Waals surface area (Å²) in [4.78, 5) is 40.1. The Balaban J connectivity index is 1.39. The van der Waals surface area contributed by atoms with Crippen LogP contribution < -0.4 is 21.4 Å². The fourth-order valence-corrected chi connectivity index (χ4v) is 3.47. The fourth-order valence-electron chi connectivity index (χ4n) is 3.47. The first-order valence-corrected chi connectivity index (χ1v) is 9.93. The van der Waals surface area contributed by atoms with Gasteiger partial charge in [-0.2, -0.15) is 0 Å². The van der Waals surface area contributed by atoms with Gasteiger partial charge >= 0.3 is 0 Å². The Kier molecular flexibility index (Phi) is 7.53. The highest BCUT2D eigenvalue weighted by Gasteiger charge is 2.27. The molecule has 0 saturated heterocycles. The maximum absolute atomic E-state index is 11.8. The first-order valence-electron chi connectivity index (χ1n) is 9.93. The molecule has 1 aliphatic carbocycles. The molecule has 0 bridgehead atoms. The monoisotopic (exact) mass is 410 g/mol. The molecule has 0 fully saturated rings. The van der Waals surface area contributed by atoms with Crippen molar-refractivity contribution in [3.8, 4) is 11.1 Å². The van der Waals surface area contributed by atoms with Gasteiger partial charge < -0.3 is 16.0 Å². The first kappa shape index (κ1) is 21.5. The van der Waals surface area contributed by atoms with E-state index in [1.54, 1.807) is 6.92 Å². The Hall–Kier alpha value is -3.23. The zero-order chi connectivity index (χ0) is 21.3. The molecule has 3 rings (SSSR count). The van der Waals surface area contributed by atoms with Crippen molar-refractivity contribution in [3.63, 3.8) is 0 Å². The van der Waals surface area contributed by atoms with E-state index in [0.717, 1.165) is 0 Å². The normalized spacial score (nSPS) is 12.0. The standard InChI is InChI=1S/C22H26N4O4/c1-2-23-20(27)12-24-21(28)13-25-22(29)14-30-26-11-19-17-9-5-3-7-15(17)16-8-4-6-10-18(16)19/h3-10,19,26H,2,11-14H2,1H3,(H,23,27)(H,24,28)(H,25,29). The van der Waals surface area contributed by atoms with E-state index >= 15 is 0 Å². The van der Waals surface area contributed by atoms with Crippen LogP contribution in [0.5, 0.6) is 0 Å². The molecule has 1 aliphatic rings. The number of benzene rings is 2. The molecule has 2 aromatic carbocycles. The summed E-state index contributed by atoms with van der Waals surface area (Å²) in [6.07, 6.45) is 0. The van der Waals surface area contributed by atoms with Gasteiger partial charge in [0.2, 0.25) is 17.7 Å². The second kappa shape index (κ2) is 10.5.